The lowest BCUT2D eigenvalue weighted by molar-refractivity contribution is -0.147. The number of carbonyl (C=O) groups excluding carboxylic acids is 1. The number of piperidine rings is 2. The van der Waals surface area contributed by atoms with Crippen LogP contribution < -0.4 is 4.74 Å². The summed E-state index contributed by atoms with van der Waals surface area (Å²) >= 11 is 0. The Hall–Kier alpha value is -1.60. The molecule has 2 fully saturated rings. The van der Waals surface area contributed by atoms with Crippen molar-refractivity contribution in [1.29, 1.82) is 0 Å². The summed E-state index contributed by atoms with van der Waals surface area (Å²) in [5.74, 6) is 0.742. The van der Waals surface area contributed by atoms with Crippen LogP contribution in [0.25, 0.3) is 0 Å². The summed E-state index contributed by atoms with van der Waals surface area (Å²) in [6.07, 6.45) is 3.19. The first-order valence-corrected chi connectivity index (χ1v) is 10.3. The Morgan fingerprint density at radius 3 is 2.40 bits per heavy atom. The highest BCUT2D eigenvalue weighted by Crippen LogP contribution is 2.40. The molecule has 3 rings (SSSR count). The lowest BCUT2D eigenvalue weighted by Gasteiger charge is -2.45. The van der Waals surface area contributed by atoms with Crippen LogP contribution in [-0.4, -0.2) is 56.8 Å². The first-order chi connectivity index (χ1) is 11.9. The third kappa shape index (κ3) is 3.40. The molecule has 2 aliphatic heterocycles. The van der Waals surface area contributed by atoms with E-state index in [0.29, 0.717) is 18.9 Å². The Morgan fingerprint density at radius 2 is 1.76 bits per heavy atom. The van der Waals surface area contributed by atoms with Gasteiger partial charge in [-0.15, -0.1) is 0 Å². The normalized spacial score (nSPS) is 25.4. The monoisotopic (exact) mass is 366 g/mol. The van der Waals surface area contributed by atoms with E-state index in [4.69, 9.17) is 4.74 Å². The van der Waals surface area contributed by atoms with E-state index >= 15 is 0 Å². The molecule has 1 spiro atoms. The highest BCUT2D eigenvalue weighted by atomic mass is 32.2. The van der Waals surface area contributed by atoms with Gasteiger partial charge in [0.2, 0.25) is 15.9 Å². The van der Waals surface area contributed by atoms with Crippen LogP contribution in [0.15, 0.2) is 29.2 Å². The van der Waals surface area contributed by atoms with Crippen LogP contribution in [0.2, 0.25) is 0 Å². The molecule has 0 N–H and O–H groups in total. The van der Waals surface area contributed by atoms with Gasteiger partial charge in [0.15, 0.2) is 0 Å². The average molecular weight is 366 g/mol. The first-order valence-electron chi connectivity index (χ1n) is 8.88. The topological polar surface area (TPSA) is 66.9 Å². The van der Waals surface area contributed by atoms with Crippen LogP contribution in [0.3, 0.4) is 0 Å². The number of hydrogen-bond donors (Lipinski definition) is 0. The van der Waals surface area contributed by atoms with Gasteiger partial charge < -0.3 is 9.64 Å². The number of benzene rings is 1. The molecule has 0 radical (unpaired) electrons. The Kier molecular flexibility index (Phi) is 5.06. The van der Waals surface area contributed by atoms with Gasteiger partial charge >= 0.3 is 0 Å². The molecule has 1 amide bonds. The second kappa shape index (κ2) is 6.96. The molecule has 7 heteroatoms. The molecule has 1 atom stereocenters. The molecule has 0 aliphatic carbocycles. The van der Waals surface area contributed by atoms with Crippen molar-refractivity contribution >= 4 is 15.9 Å². The molecule has 1 aromatic rings. The van der Waals surface area contributed by atoms with Gasteiger partial charge in [-0.1, -0.05) is 0 Å². The molecule has 1 unspecified atom stereocenters. The van der Waals surface area contributed by atoms with Crippen molar-refractivity contribution in [1.82, 2.24) is 9.21 Å². The SMILES string of the molecule is CCOc1ccc(S(=O)(=O)N2CCCC3(CCCN(C)C3=O)C2)cc1. The van der Waals surface area contributed by atoms with Gasteiger partial charge in [-0.05, 0) is 56.9 Å². The standard InChI is InChI=1S/C18H26N2O4S/c1-3-24-15-6-8-16(9-7-15)25(22,23)20-13-5-11-18(14-20)10-4-12-19(2)17(18)21/h6-9H,3-5,10-14H2,1-2H3. The van der Waals surface area contributed by atoms with Gasteiger partial charge in [0.05, 0.1) is 16.9 Å². The number of amides is 1. The van der Waals surface area contributed by atoms with Crippen LogP contribution in [-0.2, 0) is 14.8 Å². The Balaban J connectivity index is 1.83. The van der Waals surface area contributed by atoms with E-state index in [9.17, 15) is 13.2 Å². The largest absolute Gasteiger partial charge is 0.494 e. The van der Waals surface area contributed by atoms with E-state index in [0.717, 1.165) is 32.2 Å². The fourth-order valence-electron chi connectivity index (χ4n) is 3.96. The van der Waals surface area contributed by atoms with Crippen LogP contribution in [0, 0.1) is 5.41 Å². The van der Waals surface area contributed by atoms with Crippen molar-refractivity contribution in [3.05, 3.63) is 24.3 Å². The summed E-state index contributed by atoms with van der Waals surface area (Å²) < 4.78 is 32.9. The zero-order valence-electron chi connectivity index (χ0n) is 14.9. The van der Waals surface area contributed by atoms with Crippen molar-refractivity contribution in [3.63, 3.8) is 0 Å². The maximum atomic E-state index is 13.0. The minimum absolute atomic E-state index is 0.0883. The van der Waals surface area contributed by atoms with E-state index in [1.165, 1.54) is 4.31 Å². The van der Waals surface area contributed by atoms with E-state index < -0.39 is 15.4 Å². The van der Waals surface area contributed by atoms with E-state index in [1.54, 1.807) is 29.2 Å². The van der Waals surface area contributed by atoms with E-state index in [2.05, 4.69) is 0 Å². The summed E-state index contributed by atoms with van der Waals surface area (Å²) in [4.78, 5) is 14.7. The van der Waals surface area contributed by atoms with Crippen molar-refractivity contribution in [2.24, 2.45) is 5.41 Å². The number of nitrogens with zero attached hydrogens (tertiary/aromatic N) is 2. The fourth-order valence-corrected chi connectivity index (χ4v) is 5.53. The highest BCUT2D eigenvalue weighted by Gasteiger charge is 2.47. The average Bonchev–Trinajstić information content (AvgIpc) is 2.61. The van der Waals surface area contributed by atoms with Gasteiger partial charge in [0.25, 0.3) is 0 Å². The number of sulfonamides is 1. The number of likely N-dealkylation sites (tertiary alicyclic amines) is 1. The fraction of sp³-hybridized carbons (Fsp3) is 0.611. The summed E-state index contributed by atoms with van der Waals surface area (Å²) in [7, 11) is -1.79. The Labute approximate surface area is 149 Å². The zero-order valence-corrected chi connectivity index (χ0v) is 15.7. The number of hydrogen-bond acceptors (Lipinski definition) is 4. The van der Waals surface area contributed by atoms with Gasteiger partial charge in [-0.25, -0.2) is 8.42 Å². The molecule has 25 heavy (non-hydrogen) atoms. The molecule has 138 valence electrons. The number of carbonyl (C=O) groups is 1. The van der Waals surface area contributed by atoms with Crippen LogP contribution in [0.1, 0.15) is 32.6 Å². The summed E-state index contributed by atoms with van der Waals surface area (Å²) in [5.41, 5.74) is -0.552. The molecule has 2 heterocycles. The molecule has 0 saturated carbocycles. The van der Waals surface area contributed by atoms with Gasteiger partial charge in [-0.2, -0.15) is 4.31 Å². The Bertz CT molecular complexity index is 728. The second-order valence-corrected chi connectivity index (χ2v) is 8.90. The number of rotatable bonds is 4. The maximum absolute atomic E-state index is 13.0. The third-order valence-corrected chi connectivity index (χ3v) is 7.12. The summed E-state index contributed by atoms with van der Waals surface area (Å²) in [5, 5.41) is 0. The minimum Gasteiger partial charge on any atom is -0.494 e. The molecule has 0 bridgehead atoms. The first kappa shape index (κ1) is 18.2. The maximum Gasteiger partial charge on any atom is 0.243 e. The summed E-state index contributed by atoms with van der Waals surface area (Å²) in [6, 6.07) is 6.51. The third-order valence-electron chi connectivity index (χ3n) is 5.26. The Morgan fingerprint density at radius 1 is 1.12 bits per heavy atom. The predicted molar refractivity (Wildman–Crippen MR) is 94.9 cm³/mol. The quantitative estimate of drug-likeness (QED) is 0.819. The lowest BCUT2D eigenvalue weighted by atomic mass is 9.74. The van der Waals surface area contributed by atoms with E-state index in [-0.39, 0.29) is 17.3 Å². The van der Waals surface area contributed by atoms with E-state index in [1.807, 2.05) is 14.0 Å². The van der Waals surface area contributed by atoms with Crippen molar-refractivity contribution in [3.8, 4) is 5.75 Å². The van der Waals surface area contributed by atoms with Gasteiger partial charge in [0.1, 0.15) is 5.75 Å². The molecular formula is C18H26N2O4S. The molecular weight excluding hydrogens is 340 g/mol. The molecule has 0 aromatic heterocycles. The molecule has 2 saturated heterocycles. The van der Waals surface area contributed by atoms with Crippen molar-refractivity contribution in [2.75, 3.05) is 33.3 Å². The smallest absolute Gasteiger partial charge is 0.243 e. The highest BCUT2D eigenvalue weighted by molar-refractivity contribution is 7.89. The van der Waals surface area contributed by atoms with Gasteiger partial charge in [-0.3, -0.25) is 4.79 Å². The molecule has 6 nitrogen and oxygen atoms in total. The van der Waals surface area contributed by atoms with Gasteiger partial charge in [0, 0.05) is 26.7 Å². The summed E-state index contributed by atoms with van der Waals surface area (Å²) in [6.45, 7) is 3.93. The van der Waals surface area contributed by atoms with Crippen LogP contribution >= 0.6 is 0 Å². The molecule has 2 aliphatic rings. The second-order valence-electron chi connectivity index (χ2n) is 6.96. The van der Waals surface area contributed by atoms with Crippen molar-refractivity contribution < 1.29 is 17.9 Å². The van der Waals surface area contributed by atoms with Crippen molar-refractivity contribution in [2.45, 2.75) is 37.5 Å². The lowest BCUT2D eigenvalue weighted by Crippen LogP contribution is -2.56. The molecule has 1 aromatic carbocycles. The zero-order chi connectivity index (χ0) is 18.1. The van der Waals surface area contributed by atoms with Crippen LogP contribution in [0.4, 0.5) is 0 Å². The van der Waals surface area contributed by atoms with Crippen LogP contribution in [0.5, 0.6) is 5.75 Å². The predicted octanol–water partition coefficient (Wildman–Crippen LogP) is 2.11. The minimum atomic E-state index is -3.60. The number of ether oxygens (including phenoxy) is 1.